The van der Waals surface area contributed by atoms with E-state index in [0.717, 1.165) is 60.2 Å². The molecule has 0 bridgehead atoms. The van der Waals surface area contributed by atoms with Gasteiger partial charge >= 0.3 is 0 Å². The van der Waals surface area contributed by atoms with Crippen LogP contribution in [0.2, 0.25) is 0 Å². The first-order valence-corrected chi connectivity index (χ1v) is 10.3. The maximum atomic E-state index is 13.4. The Morgan fingerprint density at radius 1 is 1.07 bits per heavy atom. The lowest BCUT2D eigenvalue weighted by atomic mass is 9.90. The Bertz CT molecular complexity index is 1160. The maximum absolute atomic E-state index is 13.4. The van der Waals surface area contributed by atoms with Crippen LogP contribution in [0.4, 0.5) is 0 Å². The zero-order valence-electron chi connectivity index (χ0n) is 16.5. The van der Waals surface area contributed by atoms with Gasteiger partial charge < -0.3 is 10.3 Å². The van der Waals surface area contributed by atoms with E-state index in [9.17, 15) is 4.79 Å². The molecule has 6 heteroatoms. The summed E-state index contributed by atoms with van der Waals surface area (Å²) in [4.78, 5) is 21.3. The number of rotatable bonds is 4. The Morgan fingerprint density at radius 2 is 1.83 bits per heavy atom. The lowest BCUT2D eigenvalue weighted by molar-refractivity contribution is 0.372. The molecular weight excluding hydrogens is 362 g/mol. The van der Waals surface area contributed by atoms with Crippen LogP contribution in [-0.4, -0.2) is 32.8 Å². The molecule has 0 aliphatic carbocycles. The van der Waals surface area contributed by atoms with Gasteiger partial charge in [0.25, 0.3) is 5.56 Å². The second kappa shape index (κ2) is 7.37. The summed E-state index contributed by atoms with van der Waals surface area (Å²) in [5.41, 5.74) is 5.73. The van der Waals surface area contributed by atoms with Crippen LogP contribution in [0.1, 0.15) is 24.0 Å². The zero-order chi connectivity index (χ0) is 19.8. The smallest absolute Gasteiger partial charge is 0.277 e. The fourth-order valence-electron chi connectivity index (χ4n) is 4.19. The fraction of sp³-hybridized carbons (Fsp3) is 0.304. The summed E-state index contributed by atoms with van der Waals surface area (Å²) < 4.78 is 1.56. The van der Waals surface area contributed by atoms with Crippen molar-refractivity contribution in [1.82, 2.24) is 25.1 Å². The Kier molecular flexibility index (Phi) is 4.56. The molecule has 3 heterocycles. The van der Waals surface area contributed by atoms with Gasteiger partial charge in [0.1, 0.15) is 0 Å². The summed E-state index contributed by atoms with van der Waals surface area (Å²) in [7, 11) is 0. The number of hydrogen-bond donors (Lipinski definition) is 3. The van der Waals surface area contributed by atoms with E-state index in [1.54, 1.807) is 4.68 Å². The number of benzene rings is 2. The first kappa shape index (κ1) is 17.9. The molecule has 0 radical (unpaired) electrons. The molecule has 0 atom stereocenters. The van der Waals surface area contributed by atoms with Gasteiger partial charge in [-0.2, -0.15) is 4.68 Å². The minimum Gasteiger partial charge on any atom is -0.322 e. The Morgan fingerprint density at radius 3 is 2.59 bits per heavy atom. The molecular formula is C23H25N5O. The van der Waals surface area contributed by atoms with Gasteiger partial charge in [0.2, 0.25) is 5.95 Å². The lowest BCUT2D eigenvalue weighted by Gasteiger charge is -2.22. The molecule has 1 saturated heterocycles. The van der Waals surface area contributed by atoms with Crippen LogP contribution < -0.4 is 10.9 Å². The van der Waals surface area contributed by atoms with Crippen LogP contribution >= 0.6 is 0 Å². The quantitative estimate of drug-likeness (QED) is 0.501. The van der Waals surface area contributed by atoms with Crippen molar-refractivity contribution < 1.29 is 0 Å². The molecule has 3 N–H and O–H groups in total. The normalized spacial score (nSPS) is 15.2. The van der Waals surface area contributed by atoms with Crippen LogP contribution in [0.3, 0.4) is 0 Å². The molecule has 6 nitrogen and oxygen atoms in total. The van der Waals surface area contributed by atoms with Gasteiger partial charge in [-0.15, -0.1) is 0 Å². The standard InChI is InChI=1S/C23H25N5O/c1-15-6-8-17(9-7-15)21-18(14-16-10-12-24-13-11-16)22(29)28(27-21)23-25-19-4-2-3-5-20(19)26-23/h2-9,16,24,27H,10-14H2,1H3,(H,25,26). The summed E-state index contributed by atoms with van der Waals surface area (Å²) in [6.07, 6.45) is 2.98. The van der Waals surface area contributed by atoms with Gasteiger partial charge in [0.15, 0.2) is 0 Å². The van der Waals surface area contributed by atoms with Crippen molar-refractivity contribution in [2.45, 2.75) is 26.2 Å². The third kappa shape index (κ3) is 3.40. The SMILES string of the molecule is Cc1ccc(-c2[nH]n(-c3nc4ccccc4[nH]3)c(=O)c2CC2CCNCC2)cc1. The van der Waals surface area contributed by atoms with E-state index in [-0.39, 0.29) is 5.56 Å². The monoisotopic (exact) mass is 387 g/mol. The Labute approximate surface area is 169 Å². The predicted octanol–water partition coefficient (Wildman–Crippen LogP) is 3.56. The van der Waals surface area contributed by atoms with E-state index in [4.69, 9.17) is 0 Å². The number of piperidine rings is 1. The first-order valence-electron chi connectivity index (χ1n) is 10.3. The van der Waals surface area contributed by atoms with Crippen LogP contribution in [0, 0.1) is 12.8 Å². The van der Waals surface area contributed by atoms with E-state index in [1.807, 2.05) is 24.3 Å². The summed E-state index contributed by atoms with van der Waals surface area (Å²) in [5.74, 6) is 1.05. The number of aromatic nitrogens is 4. The Balaban J connectivity index is 1.62. The highest BCUT2D eigenvalue weighted by Crippen LogP contribution is 2.26. The molecule has 148 valence electrons. The molecule has 2 aromatic heterocycles. The van der Waals surface area contributed by atoms with Gasteiger partial charge in [0.05, 0.1) is 16.7 Å². The van der Waals surface area contributed by atoms with Gasteiger partial charge in [0, 0.05) is 5.56 Å². The number of imidazole rings is 1. The highest BCUT2D eigenvalue weighted by atomic mass is 16.1. The largest absolute Gasteiger partial charge is 0.322 e. The molecule has 0 unspecified atom stereocenters. The van der Waals surface area contributed by atoms with Crippen LogP contribution in [0.15, 0.2) is 53.3 Å². The summed E-state index contributed by atoms with van der Waals surface area (Å²) in [6, 6.07) is 16.1. The molecule has 4 aromatic rings. The summed E-state index contributed by atoms with van der Waals surface area (Å²) in [5, 5.41) is 6.75. The number of aryl methyl sites for hydroxylation is 1. The van der Waals surface area contributed by atoms with E-state index in [2.05, 4.69) is 51.6 Å². The van der Waals surface area contributed by atoms with Crippen LogP contribution in [0.5, 0.6) is 0 Å². The van der Waals surface area contributed by atoms with E-state index in [1.165, 1.54) is 5.56 Å². The molecule has 1 aliphatic heterocycles. The number of fused-ring (bicyclic) bond motifs is 1. The molecule has 1 fully saturated rings. The minimum absolute atomic E-state index is 0.0156. The van der Waals surface area contributed by atoms with Crippen molar-refractivity contribution in [2.75, 3.05) is 13.1 Å². The number of H-pyrrole nitrogens is 2. The number of para-hydroxylation sites is 2. The molecule has 0 amide bonds. The number of aromatic amines is 2. The lowest BCUT2D eigenvalue weighted by Crippen LogP contribution is -2.30. The first-order chi connectivity index (χ1) is 14.2. The van der Waals surface area contributed by atoms with Crippen LogP contribution in [-0.2, 0) is 6.42 Å². The second-order valence-corrected chi connectivity index (χ2v) is 7.95. The van der Waals surface area contributed by atoms with Crippen molar-refractivity contribution in [2.24, 2.45) is 5.92 Å². The minimum atomic E-state index is -0.0156. The predicted molar refractivity (Wildman–Crippen MR) is 116 cm³/mol. The molecule has 1 aliphatic rings. The topological polar surface area (TPSA) is 78.5 Å². The molecule has 29 heavy (non-hydrogen) atoms. The Hall–Kier alpha value is -3.12. The molecule has 5 rings (SSSR count). The average Bonchev–Trinajstić information content (AvgIpc) is 3.31. The third-order valence-electron chi connectivity index (χ3n) is 5.87. The second-order valence-electron chi connectivity index (χ2n) is 7.95. The fourth-order valence-corrected chi connectivity index (χ4v) is 4.19. The summed E-state index contributed by atoms with van der Waals surface area (Å²) in [6.45, 7) is 4.11. The number of nitrogens with one attached hydrogen (secondary N) is 3. The average molecular weight is 387 g/mol. The number of hydrogen-bond acceptors (Lipinski definition) is 3. The maximum Gasteiger partial charge on any atom is 0.277 e. The van der Waals surface area contributed by atoms with Gasteiger partial charge in [-0.05, 0) is 62.9 Å². The van der Waals surface area contributed by atoms with Crippen molar-refractivity contribution in [1.29, 1.82) is 0 Å². The highest BCUT2D eigenvalue weighted by molar-refractivity contribution is 5.76. The zero-order valence-corrected chi connectivity index (χ0v) is 16.5. The summed E-state index contributed by atoms with van der Waals surface area (Å²) >= 11 is 0. The van der Waals surface area contributed by atoms with Crippen molar-refractivity contribution in [3.05, 3.63) is 70.0 Å². The van der Waals surface area contributed by atoms with Crippen molar-refractivity contribution >= 4 is 11.0 Å². The molecule has 0 saturated carbocycles. The molecule has 2 aromatic carbocycles. The van der Waals surface area contributed by atoms with E-state index < -0.39 is 0 Å². The van der Waals surface area contributed by atoms with Crippen molar-refractivity contribution in [3.63, 3.8) is 0 Å². The van der Waals surface area contributed by atoms with Gasteiger partial charge in [-0.25, -0.2) is 4.98 Å². The third-order valence-corrected chi connectivity index (χ3v) is 5.87. The van der Waals surface area contributed by atoms with Crippen LogP contribution in [0.25, 0.3) is 28.2 Å². The van der Waals surface area contributed by atoms with Crippen molar-refractivity contribution in [3.8, 4) is 17.2 Å². The number of nitrogens with zero attached hydrogens (tertiary/aromatic N) is 2. The van der Waals surface area contributed by atoms with Gasteiger partial charge in [-0.3, -0.25) is 9.89 Å². The van der Waals surface area contributed by atoms with E-state index >= 15 is 0 Å². The van der Waals surface area contributed by atoms with Gasteiger partial charge in [-0.1, -0.05) is 42.0 Å². The highest BCUT2D eigenvalue weighted by Gasteiger charge is 2.23. The molecule has 0 spiro atoms. The van der Waals surface area contributed by atoms with E-state index in [0.29, 0.717) is 11.9 Å².